The van der Waals surface area contributed by atoms with Crippen molar-refractivity contribution in [3.8, 4) is 5.75 Å². The third-order valence-electron chi connectivity index (χ3n) is 3.30. The first kappa shape index (κ1) is 10.2. The highest BCUT2D eigenvalue weighted by molar-refractivity contribution is 9.10. The van der Waals surface area contributed by atoms with Crippen molar-refractivity contribution in [3.05, 3.63) is 28.4 Å². The van der Waals surface area contributed by atoms with E-state index in [4.69, 9.17) is 4.74 Å². The molecule has 1 aromatic heterocycles. The van der Waals surface area contributed by atoms with Crippen LogP contribution in [-0.2, 0) is 0 Å². The lowest BCUT2D eigenvalue weighted by Gasteiger charge is -2.05. The molecule has 0 spiro atoms. The van der Waals surface area contributed by atoms with E-state index in [1.165, 1.54) is 33.9 Å². The molecule has 0 N–H and O–H groups in total. The molecule has 0 radical (unpaired) electrons. The Labute approximate surface area is 103 Å². The van der Waals surface area contributed by atoms with Gasteiger partial charge in [-0.2, -0.15) is 0 Å². The van der Waals surface area contributed by atoms with Crippen molar-refractivity contribution in [3.63, 3.8) is 0 Å². The summed E-state index contributed by atoms with van der Waals surface area (Å²) < 4.78 is 8.91. The molecule has 0 saturated heterocycles. The van der Waals surface area contributed by atoms with Crippen molar-refractivity contribution in [1.29, 1.82) is 0 Å². The molecule has 84 valence electrons. The maximum absolute atomic E-state index is 5.28. The van der Waals surface area contributed by atoms with Crippen LogP contribution in [0.1, 0.15) is 24.4 Å². The van der Waals surface area contributed by atoms with E-state index in [1.807, 2.05) is 6.07 Å². The van der Waals surface area contributed by atoms with Gasteiger partial charge in [-0.25, -0.2) is 0 Å². The lowest BCUT2D eigenvalue weighted by atomic mass is 10.2. The van der Waals surface area contributed by atoms with Gasteiger partial charge in [-0.1, -0.05) is 0 Å². The van der Waals surface area contributed by atoms with Crippen LogP contribution >= 0.6 is 15.9 Å². The molecule has 16 heavy (non-hydrogen) atoms. The topological polar surface area (TPSA) is 14.2 Å². The van der Waals surface area contributed by atoms with E-state index in [9.17, 15) is 0 Å². The van der Waals surface area contributed by atoms with Crippen LogP contribution in [0.5, 0.6) is 5.75 Å². The number of ether oxygens (including phenoxy) is 1. The second kappa shape index (κ2) is 3.52. The van der Waals surface area contributed by atoms with Crippen LogP contribution in [0.2, 0.25) is 0 Å². The monoisotopic (exact) mass is 279 g/mol. The Kier molecular flexibility index (Phi) is 2.25. The van der Waals surface area contributed by atoms with E-state index < -0.39 is 0 Å². The zero-order valence-corrected chi connectivity index (χ0v) is 11.0. The largest absolute Gasteiger partial charge is 0.497 e. The molecule has 1 aliphatic carbocycles. The number of halogens is 1. The maximum Gasteiger partial charge on any atom is 0.119 e. The summed E-state index contributed by atoms with van der Waals surface area (Å²) in [5.41, 5.74) is 2.62. The van der Waals surface area contributed by atoms with Gasteiger partial charge >= 0.3 is 0 Å². The van der Waals surface area contributed by atoms with E-state index >= 15 is 0 Å². The van der Waals surface area contributed by atoms with Gasteiger partial charge in [0.25, 0.3) is 0 Å². The Hall–Kier alpha value is -0.960. The van der Waals surface area contributed by atoms with E-state index in [0.29, 0.717) is 6.04 Å². The Morgan fingerprint density at radius 1 is 1.38 bits per heavy atom. The van der Waals surface area contributed by atoms with Crippen LogP contribution in [0, 0.1) is 6.92 Å². The first-order chi connectivity index (χ1) is 7.72. The molecule has 1 heterocycles. The van der Waals surface area contributed by atoms with E-state index in [2.05, 4.69) is 39.6 Å². The normalized spacial score (nSPS) is 15.7. The van der Waals surface area contributed by atoms with E-state index in [1.54, 1.807) is 7.11 Å². The third kappa shape index (κ3) is 1.38. The van der Waals surface area contributed by atoms with Gasteiger partial charge in [-0.05, 0) is 59.5 Å². The number of hydrogen-bond acceptors (Lipinski definition) is 1. The summed E-state index contributed by atoms with van der Waals surface area (Å²) in [6.45, 7) is 2.16. The fraction of sp³-hybridized carbons (Fsp3) is 0.385. The highest BCUT2D eigenvalue weighted by atomic mass is 79.9. The summed E-state index contributed by atoms with van der Waals surface area (Å²) in [4.78, 5) is 0. The molecule has 2 aromatic rings. The van der Waals surface area contributed by atoms with E-state index in [0.717, 1.165) is 5.75 Å². The van der Waals surface area contributed by atoms with E-state index in [-0.39, 0.29) is 0 Å². The highest BCUT2D eigenvalue weighted by Gasteiger charge is 2.28. The van der Waals surface area contributed by atoms with Crippen LogP contribution in [-0.4, -0.2) is 11.7 Å². The second-order valence-electron chi connectivity index (χ2n) is 4.40. The smallest absolute Gasteiger partial charge is 0.119 e. The van der Waals surface area contributed by atoms with Gasteiger partial charge in [0.05, 0.1) is 11.7 Å². The lowest BCUT2D eigenvalue weighted by molar-refractivity contribution is 0.415. The predicted octanol–water partition coefficient (Wildman–Crippen LogP) is 4.06. The van der Waals surface area contributed by atoms with Crippen molar-refractivity contribution in [2.45, 2.75) is 25.8 Å². The summed E-state index contributed by atoms with van der Waals surface area (Å²) in [5, 5.41) is 1.29. The molecular formula is C13H14BrNO. The predicted molar refractivity (Wildman–Crippen MR) is 69.2 cm³/mol. The lowest BCUT2D eigenvalue weighted by Crippen LogP contribution is -1.93. The van der Waals surface area contributed by atoms with Crippen LogP contribution in [0.4, 0.5) is 0 Å². The number of hydrogen-bond donors (Lipinski definition) is 0. The van der Waals surface area contributed by atoms with Crippen LogP contribution in [0.3, 0.4) is 0 Å². The van der Waals surface area contributed by atoms with Crippen molar-refractivity contribution >= 4 is 26.8 Å². The molecule has 0 bridgehead atoms. The standard InChI is InChI=1S/C13H14BrNO/c1-8-11-7-10(16-2)5-6-12(11)15(13(8)14)9-3-4-9/h5-7,9H,3-4H2,1-2H3. The zero-order chi connectivity index (χ0) is 11.3. The van der Waals surface area contributed by atoms with Gasteiger partial charge in [0, 0.05) is 16.9 Å². The molecule has 0 unspecified atom stereocenters. The number of fused-ring (bicyclic) bond motifs is 1. The molecule has 0 amide bonds. The Morgan fingerprint density at radius 2 is 2.12 bits per heavy atom. The SMILES string of the molecule is COc1ccc2c(c1)c(C)c(Br)n2C1CC1. The molecular weight excluding hydrogens is 266 g/mol. The van der Waals surface area contributed by atoms with Gasteiger partial charge in [0.15, 0.2) is 0 Å². The van der Waals surface area contributed by atoms with Crippen LogP contribution in [0.15, 0.2) is 22.8 Å². The van der Waals surface area contributed by atoms with Gasteiger partial charge in [-0.15, -0.1) is 0 Å². The molecule has 1 fully saturated rings. The summed E-state index contributed by atoms with van der Waals surface area (Å²) in [6, 6.07) is 7.00. The quantitative estimate of drug-likeness (QED) is 0.809. The number of rotatable bonds is 2. The highest BCUT2D eigenvalue weighted by Crippen LogP contribution is 2.43. The Bertz CT molecular complexity index is 555. The Balaban J connectivity index is 2.30. The number of methoxy groups -OCH3 is 1. The minimum atomic E-state index is 0.693. The molecule has 3 rings (SSSR count). The number of aromatic nitrogens is 1. The average Bonchev–Trinajstić information content (AvgIpc) is 3.09. The molecule has 1 aliphatic rings. The first-order valence-corrected chi connectivity index (χ1v) is 6.35. The fourth-order valence-electron chi connectivity index (χ4n) is 2.24. The van der Waals surface area contributed by atoms with Crippen LogP contribution in [0.25, 0.3) is 10.9 Å². The van der Waals surface area contributed by atoms with Gasteiger partial charge < -0.3 is 9.30 Å². The average molecular weight is 280 g/mol. The van der Waals surface area contributed by atoms with Crippen molar-refractivity contribution < 1.29 is 4.74 Å². The van der Waals surface area contributed by atoms with Gasteiger partial charge in [0.1, 0.15) is 5.75 Å². The van der Waals surface area contributed by atoms with Gasteiger partial charge in [-0.3, -0.25) is 0 Å². The maximum atomic E-state index is 5.28. The molecule has 1 aromatic carbocycles. The molecule has 3 heteroatoms. The van der Waals surface area contributed by atoms with Crippen molar-refractivity contribution in [2.24, 2.45) is 0 Å². The summed E-state index contributed by atoms with van der Waals surface area (Å²) >= 11 is 3.70. The van der Waals surface area contributed by atoms with Crippen molar-refractivity contribution in [2.75, 3.05) is 7.11 Å². The second-order valence-corrected chi connectivity index (χ2v) is 5.15. The molecule has 0 aliphatic heterocycles. The number of benzene rings is 1. The number of nitrogens with zero attached hydrogens (tertiary/aromatic N) is 1. The van der Waals surface area contributed by atoms with Gasteiger partial charge in [0.2, 0.25) is 0 Å². The third-order valence-corrected chi connectivity index (χ3v) is 4.28. The molecule has 1 saturated carbocycles. The Morgan fingerprint density at radius 3 is 2.75 bits per heavy atom. The summed E-state index contributed by atoms with van der Waals surface area (Å²) in [6.07, 6.45) is 2.60. The number of aryl methyl sites for hydroxylation is 1. The zero-order valence-electron chi connectivity index (χ0n) is 9.46. The minimum Gasteiger partial charge on any atom is -0.497 e. The van der Waals surface area contributed by atoms with Crippen molar-refractivity contribution in [1.82, 2.24) is 4.57 Å². The minimum absolute atomic E-state index is 0.693. The fourth-order valence-corrected chi connectivity index (χ4v) is 2.93. The summed E-state index contributed by atoms with van der Waals surface area (Å²) in [7, 11) is 1.71. The van der Waals surface area contributed by atoms with Crippen LogP contribution < -0.4 is 4.74 Å². The first-order valence-electron chi connectivity index (χ1n) is 5.56. The molecule has 2 nitrogen and oxygen atoms in total. The summed E-state index contributed by atoms with van der Waals surface area (Å²) in [5.74, 6) is 0.927. The molecule has 0 atom stereocenters.